The second-order valence-electron chi connectivity index (χ2n) is 8.60. The molecule has 0 saturated carbocycles. The predicted molar refractivity (Wildman–Crippen MR) is 120 cm³/mol. The minimum atomic E-state index is -4.45. The number of sulfonamides is 1. The van der Waals surface area contributed by atoms with E-state index in [-0.39, 0.29) is 23.3 Å². The lowest BCUT2D eigenvalue weighted by Crippen LogP contribution is -2.38. The van der Waals surface area contributed by atoms with E-state index in [1.165, 1.54) is 16.4 Å². The zero-order valence-corrected chi connectivity index (χ0v) is 20.0. The number of amides is 1. The molecule has 1 amide bonds. The summed E-state index contributed by atoms with van der Waals surface area (Å²) < 4.78 is 66.8. The molecule has 1 aliphatic rings. The van der Waals surface area contributed by atoms with Crippen LogP contribution in [0.25, 0.3) is 0 Å². The molecule has 0 saturated heterocycles. The van der Waals surface area contributed by atoms with Gasteiger partial charge in [0.05, 0.1) is 10.5 Å². The van der Waals surface area contributed by atoms with Gasteiger partial charge in [-0.2, -0.15) is 17.5 Å². The maximum absolute atomic E-state index is 13.4. The van der Waals surface area contributed by atoms with E-state index in [1.54, 1.807) is 36.9 Å². The summed E-state index contributed by atoms with van der Waals surface area (Å²) in [6.45, 7) is 8.22. The van der Waals surface area contributed by atoms with Crippen molar-refractivity contribution in [3.05, 3.63) is 64.7 Å². The molecular weight excluding hydrogens is 453 g/mol. The van der Waals surface area contributed by atoms with Gasteiger partial charge in [-0.25, -0.2) is 8.42 Å². The fraction of sp³-hybridized carbons (Fsp3) is 0.458. The van der Waals surface area contributed by atoms with Gasteiger partial charge in [-0.05, 0) is 54.3 Å². The van der Waals surface area contributed by atoms with Crippen LogP contribution in [0.15, 0.2) is 47.4 Å². The van der Waals surface area contributed by atoms with E-state index in [0.29, 0.717) is 25.1 Å². The molecule has 180 valence electrons. The van der Waals surface area contributed by atoms with Crippen molar-refractivity contribution in [1.82, 2.24) is 9.21 Å². The van der Waals surface area contributed by atoms with Crippen molar-refractivity contribution >= 4 is 15.9 Å². The van der Waals surface area contributed by atoms with Crippen molar-refractivity contribution < 1.29 is 26.4 Å². The van der Waals surface area contributed by atoms with Gasteiger partial charge in [-0.15, -0.1) is 0 Å². The standard InChI is InChI=1S/C24H29F3N2O3S/c1-5-29(17(4)18-6-9-21(10-7-18)24(25,26)27)33(31,32)22-11-8-20-15-28(23(30)16(2)3)13-12-19(20)14-22/h6-11,14,16-17H,5,12-13,15H2,1-4H3. The van der Waals surface area contributed by atoms with E-state index >= 15 is 0 Å². The zero-order chi connectivity index (χ0) is 24.6. The highest BCUT2D eigenvalue weighted by molar-refractivity contribution is 7.89. The first-order valence-electron chi connectivity index (χ1n) is 11.0. The Labute approximate surface area is 193 Å². The molecule has 5 nitrogen and oxygen atoms in total. The van der Waals surface area contributed by atoms with Gasteiger partial charge in [0.25, 0.3) is 0 Å². The molecule has 9 heteroatoms. The third kappa shape index (κ3) is 5.24. The maximum atomic E-state index is 13.4. The van der Waals surface area contributed by atoms with E-state index in [0.717, 1.165) is 23.3 Å². The van der Waals surface area contributed by atoms with Crippen molar-refractivity contribution in [3.63, 3.8) is 0 Å². The molecule has 0 radical (unpaired) electrons. The van der Waals surface area contributed by atoms with Gasteiger partial charge in [0, 0.05) is 31.6 Å². The van der Waals surface area contributed by atoms with E-state index in [4.69, 9.17) is 0 Å². The molecule has 1 heterocycles. The molecule has 0 N–H and O–H groups in total. The van der Waals surface area contributed by atoms with E-state index in [9.17, 15) is 26.4 Å². The minimum absolute atomic E-state index is 0.0693. The van der Waals surface area contributed by atoms with Crippen molar-refractivity contribution in [3.8, 4) is 0 Å². The number of rotatable bonds is 6. The summed E-state index contributed by atoms with van der Waals surface area (Å²) in [6.07, 6.45) is -3.88. The number of fused-ring (bicyclic) bond motifs is 1. The summed E-state index contributed by atoms with van der Waals surface area (Å²) in [7, 11) is -3.88. The second kappa shape index (κ2) is 9.46. The number of carbonyl (C=O) groups excluding carboxylic acids is 1. The van der Waals surface area contributed by atoms with Crippen LogP contribution in [0.5, 0.6) is 0 Å². The van der Waals surface area contributed by atoms with Crippen LogP contribution in [-0.4, -0.2) is 36.6 Å². The van der Waals surface area contributed by atoms with Gasteiger partial charge < -0.3 is 4.90 Å². The molecular formula is C24H29F3N2O3S. The third-order valence-corrected chi connectivity index (χ3v) is 8.11. The van der Waals surface area contributed by atoms with Crippen LogP contribution in [-0.2, 0) is 34.0 Å². The third-order valence-electron chi connectivity index (χ3n) is 6.07. The van der Waals surface area contributed by atoms with Crippen molar-refractivity contribution in [2.75, 3.05) is 13.1 Å². The first kappa shape index (κ1) is 25.2. The molecule has 0 spiro atoms. The van der Waals surface area contributed by atoms with Gasteiger partial charge >= 0.3 is 6.18 Å². The SMILES string of the molecule is CCN(C(C)c1ccc(C(F)(F)F)cc1)S(=O)(=O)c1ccc2c(c1)CCN(C(=O)C(C)C)C2. The van der Waals surface area contributed by atoms with Crippen LogP contribution in [0.1, 0.15) is 56.0 Å². The Balaban J connectivity index is 1.86. The zero-order valence-electron chi connectivity index (χ0n) is 19.2. The van der Waals surface area contributed by atoms with Crippen LogP contribution in [0.3, 0.4) is 0 Å². The quantitative estimate of drug-likeness (QED) is 0.581. The van der Waals surface area contributed by atoms with Gasteiger partial charge in [0.2, 0.25) is 15.9 Å². The first-order valence-corrected chi connectivity index (χ1v) is 12.4. The highest BCUT2D eigenvalue weighted by atomic mass is 32.2. The normalized spacial score (nSPS) is 15.6. The fourth-order valence-electron chi connectivity index (χ4n) is 4.15. The molecule has 0 bridgehead atoms. The van der Waals surface area contributed by atoms with Crippen LogP contribution >= 0.6 is 0 Å². The molecule has 1 aliphatic heterocycles. The van der Waals surface area contributed by atoms with E-state index in [2.05, 4.69) is 0 Å². The predicted octanol–water partition coefficient (Wildman–Crippen LogP) is 5.02. The Morgan fingerprint density at radius 1 is 1.06 bits per heavy atom. The van der Waals surface area contributed by atoms with Crippen LogP contribution in [0.2, 0.25) is 0 Å². The Kier molecular flexibility index (Phi) is 7.24. The average Bonchev–Trinajstić information content (AvgIpc) is 2.77. The smallest absolute Gasteiger partial charge is 0.338 e. The van der Waals surface area contributed by atoms with Crippen molar-refractivity contribution in [1.29, 1.82) is 0 Å². The number of benzene rings is 2. The van der Waals surface area contributed by atoms with Crippen molar-refractivity contribution in [2.45, 2.75) is 57.8 Å². The fourth-order valence-corrected chi connectivity index (χ4v) is 5.83. The van der Waals surface area contributed by atoms with Gasteiger partial charge in [0.1, 0.15) is 0 Å². The van der Waals surface area contributed by atoms with Crippen LogP contribution in [0, 0.1) is 5.92 Å². The molecule has 2 aromatic rings. The van der Waals surface area contributed by atoms with E-state index < -0.39 is 27.8 Å². The van der Waals surface area contributed by atoms with Crippen LogP contribution < -0.4 is 0 Å². The van der Waals surface area contributed by atoms with Gasteiger partial charge in [-0.3, -0.25) is 4.79 Å². The minimum Gasteiger partial charge on any atom is -0.338 e. The monoisotopic (exact) mass is 482 g/mol. The number of halogens is 3. The lowest BCUT2D eigenvalue weighted by atomic mass is 9.99. The Hall–Kier alpha value is -2.39. The highest BCUT2D eigenvalue weighted by Crippen LogP contribution is 2.33. The summed E-state index contributed by atoms with van der Waals surface area (Å²) in [5.74, 6) is -0.0316. The summed E-state index contributed by atoms with van der Waals surface area (Å²) in [5.41, 5.74) is 1.52. The number of alkyl halides is 3. The molecule has 0 aliphatic carbocycles. The lowest BCUT2D eigenvalue weighted by Gasteiger charge is -2.31. The summed E-state index contributed by atoms with van der Waals surface area (Å²) in [6, 6.07) is 8.88. The molecule has 2 aromatic carbocycles. The van der Waals surface area contributed by atoms with Gasteiger partial charge in [-0.1, -0.05) is 39.0 Å². The Morgan fingerprint density at radius 2 is 1.70 bits per heavy atom. The van der Waals surface area contributed by atoms with Crippen molar-refractivity contribution in [2.24, 2.45) is 5.92 Å². The molecule has 0 fully saturated rings. The molecule has 0 aromatic heterocycles. The lowest BCUT2D eigenvalue weighted by molar-refractivity contribution is -0.137. The Bertz CT molecular complexity index is 1110. The van der Waals surface area contributed by atoms with Gasteiger partial charge in [0.15, 0.2) is 0 Å². The summed E-state index contributed by atoms with van der Waals surface area (Å²) in [4.78, 5) is 14.2. The molecule has 1 atom stereocenters. The second-order valence-corrected chi connectivity index (χ2v) is 10.5. The number of carbonyl (C=O) groups is 1. The topological polar surface area (TPSA) is 57.7 Å². The van der Waals surface area contributed by atoms with Crippen LogP contribution in [0.4, 0.5) is 13.2 Å². The summed E-state index contributed by atoms with van der Waals surface area (Å²) in [5, 5.41) is 0. The molecule has 3 rings (SSSR count). The highest BCUT2D eigenvalue weighted by Gasteiger charge is 2.33. The number of hydrogen-bond acceptors (Lipinski definition) is 3. The molecule has 33 heavy (non-hydrogen) atoms. The summed E-state index contributed by atoms with van der Waals surface area (Å²) >= 11 is 0. The molecule has 1 unspecified atom stereocenters. The largest absolute Gasteiger partial charge is 0.416 e. The first-order chi connectivity index (χ1) is 15.4. The Morgan fingerprint density at radius 3 is 2.24 bits per heavy atom. The average molecular weight is 483 g/mol. The van der Waals surface area contributed by atoms with E-state index in [1.807, 2.05) is 13.8 Å². The number of nitrogens with zero attached hydrogens (tertiary/aromatic N) is 2. The number of hydrogen-bond donors (Lipinski definition) is 0. The maximum Gasteiger partial charge on any atom is 0.416 e.